The number of benzene rings is 2. The Balaban J connectivity index is 1.48. The topological polar surface area (TPSA) is 93.5 Å². The first-order chi connectivity index (χ1) is 16.5. The zero-order valence-electron chi connectivity index (χ0n) is 19.4. The summed E-state index contributed by atoms with van der Waals surface area (Å²) in [6.45, 7) is 4.25. The molecule has 1 N–H and O–H groups in total. The third-order valence-corrected chi connectivity index (χ3v) is 6.86. The fourth-order valence-corrected chi connectivity index (χ4v) is 4.86. The molecule has 0 spiro atoms. The molecule has 0 atom stereocenters. The van der Waals surface area contributed by atoms with Gasteiger partial charge in [0.2, 0.25) is 5.91 Å². The Morgan fingerprint density at radius 2 is 1.91 bits per heavy atom. The monoisotopic (exact) mass is 480 g/mol. The van der Waals surface area contributed by atoms with Crippen LogP contribution in [-0.4, -0.2) is 47.4 Å². The van der Waals surface area contributed by atoms with Gasteiger partial charge in [0, 0.05) is 31.0 Å². The average molecular weight is 481 g/mol. The lowest BCUT2D eigenvalue weighted by Gasteiger charge is -2.19. The molecule has 1 aromatic heterocycles. The van der Waals surface area contributed by atoms with Crippen LogP contribution in [0.1, 0.15) is 24.8 Å². The van der Waals surface area contributed by atoms with Crippen molar-refractivity contribution in [2.24, 2.45) is 0 Å². The number of nitrogens with zero attached hydrogens (tertiary/aromatic N) is 3. The molecular weight excluding hydrogens is 452 g/mol. The molecule has 3 aromatic rings. The van der Waals surface area contributed by atoms with Crippen molar-refractivity contribution in [3.63, 3.8) is 0 Å². The standard InChI is InChI=1S/C25H28N4O4S/c1-17-15-18(28-12-5-6-13-28)9-10-20(17)26-22(30)16-34-25-27-21-8-4-3-7-19(21)24(32)29(25)14-11-23(31)33-2/h3-4,7-10,15H,5-6,11-14,16H2,1-2H3,(H,26,30). The van der Waals surface area contributed by atoms with E-state index in [0.717, 1.165) is 24.3 Å². The molecule has 1 aliphatic rings. The lowest BCUT2D eigenvalue weighted by molar-refractivity contribution is -0.140. The fraction of sp³-hybridized carbons (Fsp3) is 0.360. The first-order valence-electron chi connectivity index (χ1n) is 11.3. The zero-order valence-corrected chi connectivity index (χ0v) is 20.2. The highest BCUT2D eigenvalue weighted by atomic mass is 32.2. The first kappa shape index (κ1) is 23.8. The summed E-state index contributed by atoms with van der Waals surface area (Å²) in [6, 6.07) is 13.1. The number of thioether (sulfide) groups is 1. The predicted octanol–water partition coefficient (Wildman–Crippen LogP) is 3.60. The molecule has 0 bridgehead atoms. The van der Waals surface area contributed by atoms with Gasteiger partial charge in [0.15, 0.2) is 5.16 Å². The van der Waals surface area contributed by atoms with Crippen molar-refractivity contribution < 1.29 is 14.3 Å². The van der Waals surface area contributed by atoms with E-state index in [9.17, 15) is 14.4 Å². The number of anilines is 2. The van der Waals surface area contributed by atoms with Gasteiger partial charge in [-0.15, -0.1) is 0 Å². The molecule has 0 unspecified atom stereocenters. The summed E-state index contributed by atoms with van der Waals surface area (Å²) in [5.74, 6) is -0.526. The molecule has 4 rings (SSSR count). The van der Waals surface area contributed by atoms with Gasteiger partial charge < -0.3 is 15.0 Å². The number of para-hydroxylation sites is 1. The molecule has 8 nitrogen and oxygen atoms in total. The van der Waals surface area contributed by atoms with E-state index in [-0.39, 0.29) is 30.2 Å². The number of amides is 1. The fourth-order valence-electron chi connectivity index (χ4n) is 4.04. The smallest absolute Gasteiger partial charge is 0.307 e. The number of aryl methyl sites for hydroxylation is 1. The van der Waals surface area contributed by atoms with Crippen molar-refractivity contribution in [1.82, 2.24) is 9.55 Å². The Kier molecular flexibility index (Phi) is 7.52. The highest BCUT2D eigenvalue weighted by molar-refractivity contribution is 7.99. The molecule has 0 radical (unpaired) electrons. The van der Waals surface area contributed by atoms with Gasteiger partial charge in [0.25, 0.3) is 5.56 Å². The van der Waals surface area contributed by atoms with E-state index >= 15 is 0 Å². The molecular formula is C25H28N4O4S. The minimum atomic E-state index is -0.415. The number of nitrogens with one attached hydrogen (secondary N) is 1. The summed E-state index contributed by atoms with van der Waals surface area (Å²) in [5.41, 5.74) is 3.26. The second-order valence-corrected chi connectivity index (χ2v) is 9.17. The molecule has 34 heavy (non-hydrogen) atoms. The summed E-state index contributed by atoms with van der Waals surface area (Å²) < 4.78 is 6.14. The summed E-state index contributed by atoms with van der Waals surface area (Å²) >= 11 is 1.17. The normalized spacial score (nSPS) is 13.3. The number of esters is 1. The molecule has 1 saturated heterocycles. The van der Waals surface area contributed by atoms with Gasteiger partial charge in [0.05, 0.1) is 30.2 Å². The number of rotatable bonds is 8. The second-order valence-electron chi connectivity index (χ2n) is 8.22. The van der Waals surface area contributed by atoms with Gasteiger partial charge in [0.1, 0.15) is 0 Å². The third kappa shape index (κ3) is 5.41. The number of hydrogen-bond donors (Lipinski definition) is 1. The van der Waals surface area contributed by atoms with Crippen molar-refractivity contribution in [2.45, 2.75) is 37.9 Å². The number of carbonyl (C=O) groups is 2. The van der Waals surface area contributed by atoms with Crippen LogP contribution in [0.15, 0.2) is 52.4 Å². The summed E-state index contributed by atoms with van der Waals surface area (Å²) in [5, 5.41) is 3.82. The predicted molar refractivity (Wildman–Crippen MR) is 135 cm³/mol. The minimum Gasteiger partial charge on any atom is -0.469 e. The van der Waals surface area contributed by atoms with Gasteiger partial charge in [-0.05, 0) is 55.7 Å². The van der Waals surface area contributed by atoms with E-state index < -0.39 is 5.97 Å². The summed E-state index contributed by atoms with van der Waals surface area (Å²) in [6.07, 6.45) is 2.46. The Morgan fingerprint density at radius 3 is 2.65 bits per heavy atom. The molecule has 9 heteroatoms. The molecule has 1 fully saturated rings. The van der Waals surface area contributed by atoms with Crippen molar-refractivity contribution in [2.75, 3.05) is 36.2 Å². The van der Waals surface area contributed by atoms with E-state index in [1.165, 1.54) is 42.0 Å². The van der Waals surface area contributed by atoms with Gasteiger partial charge in [-0.25, -0.2) is 4.98 Å². The van der Waals surface area contributed by atoms with Crippen LogP contribution in [0.4, 0.5) is 11.4 Å². The Bertz CT molecular complexity index is 1270. The van der Waals surface area contributed by atoms with Crippen LogP contribution >= 0.6 is 11.8 Å². The van der Waals surface area contributed by atoms with E-state index in [1.54, 1.807) is 18.2 Å². The maximum Gasteiger partial charge on any atom is 0.307 e. The quantitative estimate of drug-likeness (QED) is 0.299. The maximum atomic E-state index is 13.0. The third-order valence-electron chi connectivity index (χ3n) is 5.88. The van der Waals surface area contributed by atoms with Crippen LogP contribution in [0, 0.1) is 6.92 Å². The molecule has 0 aliphatic carbocycles. The second kappa shape index (κ2) is 10.7. The molecule has 1 aliphatic heterocycles. The Hall–Kier alpha value is -3.33. The van der Waals surface area contributed by atoms with Crippen LogP contribution in [0.2, 0.25) is 0 Å². The van der Waals surface area contributed by atoms with E-state index in [1.807, 2.05) is 25.1 Å². The van der Waals surface area contributed by atoms with Crippen molar-refractivity contribution in [1.29, 1.82) is 0 Å². The summed E-state index contributed by atoms with van der Waals surface area (Å²) in [4.78, 5) is 44.3. The van der Waals surface area contributed by atoms with Crippen molar-refractivity contribution >= 4 is 45.9 Å². The van der Waals surface area contributed by atoms with Crippen LogP contribution in [0.25, 0.3) is 10.9 Å². The largest absolute Gasteiger partial charge is 0.469 e. The molecule has 178 valence electrons. The van der Waals surface area contributed by atoms with E-state index in [2.05, 4.69) is 21.3 Å². The maximum absolute atomic E-state index is 13.0. The van der Waals surface area contributed by atoms with Gasteiger partial charge >= 0.3 is 5.97 Å². The first-order valence-corrected chi connectivity index (χ1v) is 12.3. The van der Waals surface area contributed by atoms with Crippen LogP contribution in [-0.2, 0) is 20.9 Å². The molecule has 1 amide bonds. The molecule has 2 heterocycles. The Morgan fingerprint density at radius 1 is 1.15 bits per heavy atom. The van der Waals surface area contributed by atoms with Gasteiger partial charge in [-0.3, -0.25) is 19.0 Å². The summed E-state index contributed by atoms with van der Waals surface area (Å²) in [7, 11) is 1.31. The van der Waals surface area contributed by atoms with E-state index in [4.69, 9.17) is 4.74 Å². The van der Waals surface area contributed by atoms with Crippen molar-refractivity contribution in [3.8, 4) is 0 Å². The average Bonchev–Trinajstić information content (AvgIpc) is 3.38. The highest BCUT2D eigenvalue weighted by Crippen LogP contribution is 2.26. The number of methoxy groups -OCH3 is 1. The minimum absolute atomic E-state index is 0.0404. The number of fused-ring (bicyclic) bond motifs is 1. The molecule has 2 aromatic carbocycles. The highest BCUT2D eigenvalue weighted by Gasteiger charge is 2.16. The zero-order chi connectivity index (χ0) is 24.1. The number of aromatic nitrogens is 2. The number of hydrogen-bond acceptors (Lipinski definition) is 7. The SMILES string of the molecule is COC(=O)CCn1c(SCC(=O)Nc2ccc(N3CCCC3)cc2C)nc2ccccc2c1=O. The number of carbonyl (C=O) groups excluding carboxylic acids is 2. The molecule has 0 saturated carbocycles. The van der Waals surface area contributed by atoms with Crippen LogP contribution < -0.4 is 15.8 Å². The lowest BCUT2D eigenvalue weighted by atomic mass is 10.1. The lowest BCUT2D eigenvalue weighted by Crippen LogP contribution is -2.25. The van der Waals surface area contributed by atoms with Gasteiger partial charge in [-0.2, -0.15) is 0 Å². The van der Waals surface area contributed by atoms with Crippen molar-refractivity contribution in [3.05, 3.63) is 58.4 Å². The Labute approximate surface area is 202 Å². The van der Waals surface area contributed by atoms with Crippen LogP contribution in [0.3, 0.4) is 0 Å². The van der Waals surface area contributed by atoms with Gasteiger partial charge in [-0.1, -0.05) is 23.9 Å². The van der Waals surface area contributed by atoms with E-state index in [0.29, 0.717) is 16.1 Å². The van der Waals surface area contributed by atoms with Crippen LogP contribution in [0.5, 0.6) is 0 Å². The number of ether oxygens (including phenoxy) is 1.